The first kappa shape index (κ1) is 24.7. The lowest BCUT2D eigenvalue weighted by atomic mass is 10.0. The lowest BCUT2D eigenvalue weighted by Gasteiger charge is -2.13. The molecule has 0 spiro atoms. The minimum atomic E-state index is -3.84. The summed E-state index contributed by atoms with van der Waals surface area (Å²) in [4.78, 5) is 7.08. The molecule has 0 N–H and O–H groups in total. The maximum absolute atomic E-state index is 12.7. The summed E-state index contributed by atoms with van der Waals surface area (Å²) in [7, 11) is 0.211. The van der Waals surface area contributed by atoms with Crippen molar-refractivity contribution in [1.29, 1.82) is 0 Å². The Labute approximate surface area is 217 Å². The van der Waals surface area contributed by atoms with Crippen molar-refractivity contribution in [2.24, 2.45) is 0 Å². The van der Waals surface area contributed by atoms with E-state index in [1.165, 1.54) is 0 Å². The molecule has 0 aliphatic carbocycles. The third-order valence-corrected chi connectivity index (χ3v) is 7.70. The molecule has 1 aromatic heterocycles. The standard InChI is InChI=1S/C30H29N3O3S/c1-22-8-18-27(19-9-22)37(34,35)36-21-20-33-29-7-5-4-6-28(29)31-30(33)25-12-10-23(11-13-25)24-14-16-26(17-15-24)32(2)3/h4-19H,20-21H2,1-3H3. The van der Waals surface area contributed by atoms with Crippen LogP contribution in [0, 0.1) is 6.92 Å². The first-order valence-electron chi connectivity index (χ1n) is 12.1. The molecule has 0 saturated heterocycles. The summed E-state index contributed by atoms with van der Waals surface area (Å²) in [5.74, 6) is 0.770. The monoisotopic (exact) mass is 511 g/mol. The fourth-order valence-corrected chi connectivity index (χ4v) is 5.20. The SMILES string of the molecule is Cc1ccc(S(=O)(=O)OCCn2c(-c3ccc(-c4ccc(N(C)C)cc4)cc3)nc3ccccc32)cc1. The average Bonchev–Trinajstić information content (AvgIpc) is 3.27. The summed E-state index contributed by atoms with van der Waals surface area (Å²) in [6, 6.07) is 31.2. The first-order chi connectivity index (χ1) is 17.8. The first-order valence-corrected chi connectivity index (χ1v) is 13.5. The van der Waals surface area contributed by atoms with Gasteiger partial charge in [0.1, 0.15) is 5.82 Å². The maximum atomic E-state index is 12.7. The number of imidazole rings is 1. The predicted molar refractivity (Wildman–Crippen MR) is 149 cm³/mol. The summed E-state index contributed by atoms with van der Waals surface area (Å²) in [6.07, 6.45) is 0. The van der Waals surface area contributed by atoms with Gasteiger partial charge in [-0.05, 0) is 54.4 Å². The van der Waals surface area contributed by atoms with Gasteiger partial charge in [-0.15, -0.1) is 0 Å². The Morgan fingerprint density at radius 3 is 2.03 bits per heavy atom. The van der Waals surface area contributed by atoms with Crippen LogP contribution in [0.2, 0.25) is 0 Å². The van der Waals surface area contributed by atoms with Crippen molar-refractivity contribution in [3.05, 3.63) is 103 Å². The fourth-order valence-electron chi connectivity index (χ4n) is 4.30. The van der Waals surface area contributed by atoms with E-state index in [0.29, 0.717) is 6.54 Å². The topological polar surface area (TPSA) is 64.4 Å². The average molecular weight is 512 g/mol. The van der Waals surface area contributed by atoms with Gasteiger partial charge in [0.2, 0.25) is 0 Å². The number of aryl methyl sites for hydroxylation is 1. The molecular formula is C30H29N3O3S. The van der Waals surface area contributed by atoms with Crippen LogP contribution in [0.3, 0.4) is 0 Å². The lowest BCUT2D eigenvalue weighted by Crippen LogP contribution is -2.13. The van der Waals surface area contributed by atoms with E-state index in [-0.39, 0.29) is 11.5 Å². The van der Waals surface area contributed by atoms with Gasteiger partial charge in [-0.3, -0.25) is 4.18 Å². The number of nitrogens with zero attached hydrogens (tertiary/aromatic N) is 3. The lowest BCUT2D eigenvalue weighted by molar-refractivity contribution is 0.303. The summed E-state index contributed by atoms with van der Waals surface area (Å²) >= 11 is 0. The molecule has 0 amide bonds. The molecule has 7 heteroatoms. The van der Waals surface area contributed by atoms with Gasteiger partial charge in [-0.1, -0.05) is 66.2 Å². The number of anilines is 1. The summed E-state index contributed by atoms with van der Waals surface area (Å²) in [6.45, 7) is 2.25. The van der Waals surface area contributed by atoms with Gasteiger partial charge in [0.25, 0.3) is 10.1 Å². The van der Waals surface area contributed by atoms with Crippen molar-refractivity contribution in [2.75, 3.05) is 25.6 Å². The van der Waals surface area contributed by atoms with E-state index in [1.807, 2.05) is 49.9 Å². The summed E-state index contributed by atoms with van der Waals surface area (Å²) in [5, 5.41) is 0. The number of benzene rings is 4. The second kappa shape index (κ2) is 10.2. The van der Waals surface area contributed by atoms with Gasteiger partial charge in [-0.2, -0.15) is 8.42 Å². The summed E-state index contributed by atoms with van der Waals surface area (Å²) < 4.78 is 32.7. The van der Waals surface area contributed by atoms with Gasteiger partial charge in [0.15, 0.2) is 0 Å². The van der Waals surface area contributed by atoms with E-state index >= 15 is 0 Å². The van der Waals surface area contributed by atoms with Crippen LogP contribution < -0.4 is 4.90 Å². The summed E-state index contributed by atoms with van der Waals surface area (Å²) in [5.41, 5.74) is 7.13. The molecule has 0 bridgehead atoms. The van der Waals surface area contributed by atoms with E-state index in [9.17, 15) is 8.42 Å². The molecule has 0 atom stereocenters. The zero-order chi connectivity index (χ0) is 26.0. The van der Waals surface area contributed by atoms with Crippen molar-refractivity contribution < 1.29 is 12.6 Å². The molecule has 37 heavy (non-hydrogen) atoms. The molecule has 5 rings (SSSR count). The highest BCUT2D eigenvalue weighted by Gasteiger charge is 2.17. The fraction of sp³-hybridized carbons (Fsp3) is 0.167. The molecule has 0 radical (unpaired) electrons. The van der Waals surface area contributed by atoms with Crippen LogP contribution in [0.4, 0.5) is 5.69 Å². The molecule has 0 saturated carbocycles. The van der Waals surface area contributed by atoms with Crippen molar-refractivity contribution in [1.82, 2.24) is 9.55 Å². The number of para-hydroxylation sites is 2. The van der Waals surface area contributed by atoms with Crippen molar-refractivity contribution in [3.63, 3.8) is 0 Å². The largest absolute Gasteiger partial charge is 0.378 e. The zero-order valence-electron chi connectivity index (χ0n) is 21.1. The highest BCUT2D eigenvalue weighted by atomic mass is 32.2. The van der Waals surface area contributed by atoms with Crippen molar-refractivity contribution in [2.45, 2.75) is 18.4 Å². The number of aromatic nitrogens is 2. The van der Waals surface area contributed by atoms with Crippen LogP contribution in [0.15, 0.2) is 102 Å². The number of rotatable bonds is 8. The van der Waals surface area contributed by atoms with E-state index in [4.69, 9.17) is 9.17 Å². The smallest absolute Gasteiger partial charge is 0.297 e. The maximum Gasteiger partial charge on any atom is 0.297 e. The number of hydrogen-bond donors (Lipinski definition) is 0. The molecule has 1 heterocycles. The predicted octanol–water partition coefficient (Wildman–Crippen LogP) is 6.15. The molecule has 4 aromatic carbocycles. The molecule has 6 nitrogen and oxygen atoms in total. The van der Waals surface area contributed by atoms with Gasteiger partial charge in [0.05, 0.1) is 22.5 Å². The van der Waals surface area contributed by atoms with Crippen LogP contribution in [0.1, 0.15) is 5.56 Å². The van der Waals surface area contributed by atoms with Crippen LogP contribution in [0.5, 0.6) is 0 Å². The Morgan fingerprint density at radius 1 is 0.784 bits per heavy atom. The van der Waals surface area contributed by atoms with Crippen LogP contribution in [0.25, 0.3) is 33.5 Å². The quantitative estimate of drug-likeness (QED) is 0.234. The van der Waals surface area contributed by atoms with Gasteiger partial charge >= 0.3 is 0 Å². The van der Waals surface area contributed by atoms with E-state index in [2.05, 4.69) is 53.4 Å². The second-order valence-corrected chi connectivity index (χ2v) is 10.8. The normalized spacial score (nSPS) is 11.6. The highest BCUT2D eigenvalue weighted by molar-refractivity contribution is 7.86. The minimum Gasteiger partial charge on any atom is -0.378 e. The molecule has 5 aromatic rings. The third kappa shape index (κ3) is 5.28. The van der Waals surface area contributed by atoms with E-state index < -0.39 is 10.1 Å². The van der Waals surface area contributed by atoms with Gasteiger partial charge < -0.3 is 9.47 Å². The van der Waals surface area contributed by atoms with Crippen LogP contribution in [-0.2, 0) is 20.8 Å². The molecule has 0 unspecified atom stereocenters. The number of fused-ring (bicyclic) bond motifs is 1. The Hall–Kier alpha value is -3.94. The zero-order valence-corrected chi connectivity index (χ0v) is 21.9. The Balaban J connectivity index is 1.40. The Kier molecular flexibility index (Phi) is 6.82. The highest BCUT2D eigenvalue weighted by Crippen LogP contribution is 2.28. The van der Waals surface area contributed by atoms with Gasteiger partial charge in [-0.25, -0.2) is 4.98 Å². The van der Waals surface area contributed by atoms with Gasteiger partial charge in [0, 0.05) is 31.9 Å². The molecule has 0 aliphatic heterocycles. The molecule has 0 aliphatic rings. The second-order valence-electron chi connectivity index (χ2n) is 9.18. The molecule has 0 fully saturated rings. The number of hydrogen-bond acceptors (Lipinski definition) is 5. The van der Waals surface area contributed by atoms with E-state index in [0.717, 1.165) is 44.8 Å². The van der Waals surface area contributed by atoms with E-state index in [1.54, 1.807) is 24.3 Å². The minimum absolute atomic E-state index is 0.000128. The Bertz CT molecular complexity index is 1620. The third-order valence-electron chi connectivity index (χ3n) is 6.38. The molecule has 188 valence electrons. The van der Waals surface area contributed by atoms with Crippen LogP contribution >= 0.6 is 0 Å². The Morgan fingerprint density at radius 2 is 1.38 bits per heavy atom. The van der Waals surface area contributed by atoms with Crippen LogP contribution in [-0.4, -0.2) is 38.7 Å². The molecular weight excluding hydrogens is 482 g/mol. The van der Waals surface area contributed by atoms with Crippen molar-refractivity contribution in [3.8, 4) is 22.5 Å². The van der Waals surface area contributed by atoms with Crippen molar-refractivity contribution >= 4 is 26.8 Å².